The Morgan fingerprint density at radius 2 is 1.79 bits per heavy atom. The van der Waals surface area contributed by atoms with E-state index in [1.165, 1.54) is 6.07 Å². The van der Waals surface area contributed by atoms with Gasteiger partial charge in [0.2, 0.25) is 0 Å². The molecule has 1 aromatic heterocycles. The maximum absolute atomic E-state index is 11.9. The molecule has 0 radical (unpaired) electrons. The van der Waals surface area contributed by atoms with Crippen molar-refractivity contribution in [2.24, 2.45) is 0 Å². The Bertz CT molecular complexity index is 1070. The van der Waals surface area contributed by atoms with Gasteiger partial charge in [0.25, 0.3) is 0 Å². The molecule has 0 atom stereocenters. The summed E-state index contributed by atoms with van der Waals surface area (Å²) < 4.78 is 15.4. The van der Waals surface area contributed by atoms with Crippen LogP contribution in [0.5, 0.6) is 5.75 Å². The smallest absolute Gasteiger partial charge is 0.407 e. The molecule has 1 heterocycles. The summed E-state index contributed by atoms with van der Waals surface area (Å²) in [5.74, 6) is -0.467. The van der Waals surface area contributed by atoms with Gasteiger partial charge in [0.1, 0.15) is 24.5 Å². The molecule has 1 amide bonds. The first-order valence-electron chi connectivity index (χ1n) is 8.63. The Morgan fingerprint density at radius 3 is 2.54 bits per heavy atom. The number of carbonyl (C=O) groups excluding carboxylic acids is 2. The highest BCUT2D eigenvalue weighted by molar-refractivity contribution is 5.84. The van der Waals surface area contributed by atoms with Gasteiger partial charge in [-0.3, -0.25) is 0 Å². The number of hydrogen-bond acceptors (Lipinski definition) is 6. The third-order valence-electron chi connectivity index (χ3n) is 4.25. The van der Waals surface area contributed by atoms with Crippen molar-refractivity contribution in [1.82, 2.24) is 5.32 Å². The second-order valence-corrected chi connectivity index (χ2v) is 6.19. The lowest BCUT2D eigenvalue weighted by Gasteiger charge is -2.09. The fraction of sp³-hybridized carbons (Fsp3) is 0.190. The quantitative estimate of drug-likeness (QED) is 0.414. The zero-order valence-electron chi connectivity index (χ0n) is 15.5. The van der Waals surface area contributed by atoms with E-state index in [0.29, 0.717) is 11.1 Å². The third kappa shape index (κ3) is 4.56. The Morgan fingerprint density at radius 1 is 1.04 bits per heavy atom. The van der Waals surface area contributed by atoms with Crippen LogP contribution in [0.4, 0.5) is 4.79 Å². The van der Waals surface area contributed by atoms with Gasteiger partial charge in [-0.05, 0) is 37.1 Å². The van der Waals surface area contributed by atoms with Crippen molar-refractivity contribution in [3.05, 3.63) is 75.6 Å². The van der Waals surface area contributed by atoms with E-state index in [4.69, 9.17) is 13.9 Å². The normalized spacial score (nSPS) is 10.5. The van der Waals surface area contributed by atoms with Crippen molar-refractivity contribution < 1.29 is 23.5 Å². The molecule has 0 bridgehead atoms. The van der Waals surface area contributed by atoms with Crippen LogP contribution in [0.25, 0.3) is 11.0 Å². The highest BCUT2D eigenvalue weighted by atomic mass is 16.6. The summed E-state index contributed by atoms with van der Waals surface area (Å²) in [6.07, 6.45) is -0.726. The predicted octanol–water partition coefficient (Wildman–Crippen LogP) is 3.24. The van der Waals surface area contributed by atoms with E-state index >= 15 is 0 Å². The molecule has 7 nitrogen and oxygen atoms in total. The van der Waals surface area contributed by atoms with Crippen LogP contribution >= 0.6 is 0 Å². The highest BCUT2D eigenvalue weighted by Crippen LogP contribution is 2.23. The molecule has 0 spiro atoms. The van der Waals surface area contributed by atoms with Gasteiger partial charge < -0.3 is 19.2 Å². The van der Waals surface area contributed by atoms with Crippen LogP contribution in [0.3, 0.4) is 0 Å². The topological polar surface area (TPSA) is 94.8 Å². The van der Waals surface area contributed by atoms with Crippen LogP contribution in [-0.2, 0) is 16.1 Å². The SMILES string of the molecule is Cc1c(C)c2ccc(OC(=O)CNC(=O)OCc3ccccc3)cc2oc1=O. The van der Waals surface area contributed by atoms with Crippen molar-refractivity contribution in [3.8, 4) is 5.75 Å². The number of carbonyl (C=O) groups is 2. The minimum atomic E-state index is -0.726. The number of ether oxygens (including phenoxy) is 2. The highest BCUT2D eigenvalue weighted by Gasteiger charge is 2.12. The van der Waals surface area contributed by atoms with Crippen LogP contribution in [-0.4, -0.2) is 18.6 Å². The molecule has 7 heteroatoms. The van der Waals surface area contributed by atoms with Crippen molar-refractivity contribution in [3.63, 3.8) is 0 Å². The van der Waals surface area contributed by atoms with Crippen molar-refractivity contribution in [2.75, 3.05) is 6.54 Å². The molecule has 2 aromatic carbocycles. The minimum absolute atomic E-state index is 0.101. The van der Waals surface area contributed by atoms with Crippen LogP contribution in [0.15, 0.2) is 57.7 Å². The van der Waals surface area contributed by atoms with E-state index < -0.39 is 17.7 Å². The van der Waals surface area contributed by atoms with Crippen LogP contribution in [0.2, 0.25) is 0 Å². The van der Waals surface area contributed by atoms with E-state index in [-0.39, 0.29) is 18.9 Å². The Kier molecular flexibility index (Phi) is 5.74. The first kappa shape index (κ1) is 19.2. The summed E-state index contributed by atoms with van der Waals surface area (Å²) >= 11 is 0. The molecular weight excluding hydrogens is 362 g/mol. The number of hydrogen-bond donors (Lipinski definition) is 1. The van der Waals surface area contributed by atoms with Gasteiger partial charge in [0.15, 0.2) is 0 Å². The molecule has 0 unspecified atom stereocenters. The first-order chi connectivity index (χ1) is 13.4. The summed E-state index contributed by atoms with van der Waals surface area (Å²) in [5.41, 5.74) is 2.08. The minimum Gasteiger partial charge on any atom is -0.445 e. The van der Waals surface area contributed by atoms with Gasteiger partial charge in [0.05, 0.1) is 0 Å². The van der Waals surface area contributed by atoms with Crippen molar-refractivity contribution in [1.29, 1.82) is 0 Å². The Balaban J connectivity index is 1.55. The summed E-state index contributed by atoms with van der Waals surface area (Å²) in [5, 5.41) is 3.09. The van der Waals surface area contributed by atoms with Crippen molar-refractivity contribution in [2.45, 2.75) is 20.5 Å². The molecule has 0 aliphatic rings. The molecule has 0 saturated heterocycles. The van der Waals surface area contributed by atoms with Gasteiger partial charge >= 0.3 is 17.7 Å². The van der Waals surface area contributed by atoms with E-state index in [1.807, 2.05) is 37.3 Å². The average Bonchev–Trinajstić information content (AvgIpc) is 2.69. The Labute approximate surface area is 160 Å². The molecule has 28 heavy (non-hydrogen) atoms. The number of aryl methyl sites for hydroxylation is 1. The largest absolute Gasteiger partial charge is 0.445 e. The number of amides is 1. The molecule has 0 saturated carbocycles. The summed E-state index contributed by atoms with van der Waals surface area (Å²) in [6, 6.07) is 14.0. The average molecular weight is 381 g/mol. The maximum atomic E-state index is 11.9. The van der Waals surface area contributed by atoms with Gasteiger partial charge in [-0.1, -0.05) is 30.3 Å². The standard InChI is InChI=1S/C21H19NO6/c1-13-14(2)20(24)28-18-10-16(8-9-17(13)18)27-19(23)11-22-21(25)26-12-15-6-4-3-5-7-15/h3-10H,11-12H2,1-2H3,(H,22,25). The number of benzene rings is 2. The van der Waals surface area contributed by atoms with E-state index in [9.17, 15) is 14.4 Å². The Hall–Kier alpha value is -3.61. The van der Waals surface area contributed by atoms with E-state index in [0.717, 1.165) is 16.5 Å². The van der Waals surface area contributed by atoms with E-state index in [1.54, 1.807) is 19.1 Å². The molecule has 0 aliphatic heterocycles. The summed E-state index contributed by atoms with van der Waals surface area (Å²) in [7, 11) is 0. The number of fused-ring (bicyclic) bond motifs is 1. The number of alkyl carbamates (subject to hydrolysis) is 1. The van der Waals surface area contributed by atoms with Crippen LogP contribution < -0.4 is 15.7 Å². The molecule has 0 fully saturated rings. The first-order valence-corrected chi connectivity index (χ1v) is 8.63. The predicted molar refractivity (Wildman–Crippen MR) is 102 cm³/mol. The summed E-state index contributed by atoms with van der Waals surface area (Å²) in [6.45, 7) is 3.26. The van der Waals surface area contributed by atoms with Gasteiger partial charge in [-0.2, -0.15) is 0 Å². The molecule has 3 aromatic rings. The van der Waals surface area contributed by atoms with E-state index in [2.05, 4.69) is 5.32 Å². The monoisotopic (exact) mass is 381 g/mol. The van der Waals surface area contributed by atoms with Gasteiger partial charge in [-0.15, -0.1) is 0 Å². The van der Waals surface area contributed by atoms with Gasteiger partial charge in [0, 0.05) is 17.0 Å². The third-order valence-corrected chi connectivity index (χ3v) is 4.25. The molecule has 0 aliphatic carbocycles. The second kappa shape index (κ2) is 8.39. The molecule has 144 valence electrons. The molecule has 1 N–H and O–H groups in total. The van der Waals surface area contributed by atoms with Crippen LogP contribution in [0, 0.1) is 13.8 Å². The lowest BCUT2D eigenvalue weighted by molar-refractivity contribution is -0.133. The molecule has 3 rings (SSSR count). The number of nitrogens with one attached hydrogen (secondary N) is 1. The summed E-state index contributed by atoms with van der Waals surface area (Å²) in [4.78, 5) is 35.4. The zero-order valence-corrected chi connectivity index (χ0v) is 15.5. The second-order valence-electron chi connectivity index (χ2n) is 6.19. The molecular formula is C21H19NO6. The maximum Gasteiger partial charge on any atom is 0.407 e. The fourth-order valence-electron chi connectivity index (χ4n) is 2.58. The number of esters is 1. The van der Waals surface area contributed by atoms with Gasteiger partial charge in [-0.25, -0.2) is 14.4 Å². The lowest BCUT2D eigenvalue weighted by Crippen LogP contribution is -2.32. The lowest BCUT2D eigenvalue weighted by atomic mass is 10.1. The van der Waals surface area contributed by atoms with Crippen molar-refractivity contribution >= 4 is 23.0 Å². The van der Waals surface area contributed by atoms with Crippen LogP contribution in [0.1, 0.15) is 16.7 Å². The fourth-order valence-corrected chi connectivity index (χ4v) is 2.58. The number of rotatable bonds is 5. The zero-order chi connectivity index (χ0) is 20.1.